The van der Waals surface area contributed by atoms with E-state index in [4.69, 9.17) is 0 Å². The van der Waals surface area contributed by atoms with Crippen LogP contribution in [0, 0.1) is 6.08 Å². The summed E-state index contributed by atoms with van der Waals surface area (Å²) in [7, 11) is 0. The van der Waals surface area contributed by atoms with E-state index in [0.29, 0.717) is 0 Å². The maximum absolute atomic E-state index is 2.99. The van der Waals surface area contributed by atoms with E-state index in [1.54, 1.807) is 0 Å². The average Bonchev–Trinajstić information content (AvgIpc) is 3.96. The van der Waals surface area contributed by atoms with Crippen LogP contribution in [0.1, 0.15) is 13.3 Å². The first-order valence-electron chi connectivity index (χ1n) is 18.0. The van der Waals surface area contributed by atoms with Crippen molar-refractivity contribution in [2.45, 2.75) is 13.3 Å². The molecule has 0 atom stereocenters. The predicted octanol–water partition coefficient (Wildman–Crippen LogP) is 15.2. The molecular weight excluding hydrogens is 787 g/mol. The van der Waals surface area contributed by atoms with E-state index in [-0.39, 0.29) is 24.8 Å². The fourth-order valence-corrected chi connectivity index (χ4v) is 6.48. The molecule has 0 amide bonds. The molecule has 0 aromatic heterocycles. The molecule has 1 aliphatic rings. The topological polar surface area (TPSA) is 0 Å². The van der Waals surface area contributed by atoms with Crippen LogP contribution in [0.5, 0.6) is 0 Å². The number of rotatable bonds is 2. The first kappa shape index (κ1) is 42.7. The third-order valence-corrected chi connectivity index (χ3v) is 8.85. The molecule has 0 saturated heterocycles. The first-order chi connectivity index (χ1) is 26.3. The SMILES string of the molecule is C[CH]=[Zr+2].Cl.Cl.[C-]1=CC=CC1.c1ccc(-c2ccccc2)cc1.c1ccc(-c2ccccc2)cc1.c1ccc2c(c1)[cH-]c1c3ccccc3c3ccccc3c21. The fourth-order valence-electron chi connectivity index (χ4n) is 6.48. The zero-order valence-electron chi connectivity index (χ0n) is 30.9. The molecule has 0 N–H and O–H groups in total. The maximum Gasteiger partial charge on any atom is -0.0184 e. The van der Waals surface area contributed by atoms with E-state index >= 15 is 0 Å². The molecule has 0 spiro atoms. The Morgan fingerprint density at radius 2 is 0.800 bits per heavy atom. The second kappa shape index (κ2) is 23.0. The third kappa shape index (κ3) is 11.5. The Bertz CT molecular complexity index is 2380. The molecule has 0 fully saturated rings. The number of halogens is 2. The monoisotopic (exact) mass is 828 g/mol. The van der Waals surface area contributed by atoms with E-state index in [1.807, 2.05) is 43.3 Å². The molecule has 1 aliphatic carbocycles. The molecule has 9 aromatic rings. The minimum atomic E-state index is 0. The molecule has 0 unspecified atom stereocenters. The Kier molecular flexibility index (Phi) is 17.9. The summed E-state index contributed by atoms with van der Waals surface area (Å²) in [6.45, 7) is 2.04. The van der Waals surface area contributed by atoms with Crippen LogP contribution in [0.3, 0.4) is 0 Å². The van der Waals surface area contributed by atoms with Gasteiger partial charge in [-0.1, -0.05) is 199 Å². The summed E-state index contributed by atoms with van der Waals surface area (Å²) in [6, 6.07) is 70.1. The van der Waals surface area contributed by atoms with Crippen molar-refractivity contribution in [3.05, 3.63) is 224 Å². The van der Waals surface area contributed by atoms with E-state index in [1.165, 1.54) is 89.6 Å². The van der Waals surface area contributed by atoms with Gasteiger partial charge in [-0.05, 0) is 33.0 Å². The quantitative estimate of drug-likeness (QED) is 0.120. The van der Waals surface area contributed by atoms with Crippen molar-refractivity contribution < 1.29 is 24.2 Å². The molecule has 0 radical (unpaired) electrons. The summed E-state index contributed by atoms with van der Waals surface area (Å²) in [4.78, 5) is 0. The number of hydrogen-bond acceptors (Lipinski definition) is 0. The van der Waals surface area contributed by atoms with Gasteiger partial charge in [0, 0.05) is 0 Å². The van der Waals surface area contributed by atoms with E-state index < -0.39 is 0 Å². The molecule has 0 nitrogen and oxygen atoms in total. The molecule has 55 heavy (non-hydrogen) atoms. The van der Waals surface area contributed by atoms with Crippen LogP contribution in [0.25, 0.3) is 65.3 Å². The van der Waals surface area contributed by atoms with Crippen LogP contribution in [0.4, 0.5) is 0 Å². The van der Waals surface area contributed by atoms with Crippen molar-refractivity contribution in [1.29, 1.82) is 0 Å². The molecule has 0 heterocycles. The number of fused-ring (bicyclic) bond motifs is 8. The minimum absolute atomic E-state index is 0. The Balaban J connectivity index is 0.000000171. The Labute approximate surface area is 353 Å². The van der Waals surface area contributed by atoms with Gasteiger partial charge in [-0.25, -0.2) is 12.2 Å². The minimum Gasteiger partial charge on any atom is -0.273 e. The van der Waals surface area contributed by atoms with Crippen LogP contribution in [0.2, 0.25) is 0 Å². The number of benzene rings is 8. The largest absolute Gasteiger partial charge is 0.273 e. The van der Waals surface area contributed by atoms with Crippen LogP contribution in [0.15, 0.2) is 218 Å². The molecule has 0 bridgehead atoms. The maximum atomic E-state index is 2.99. The van der Waals surface area contributed by atoms with Crippen molar-refractivity contribution in [3.8, 4) is 22.3 Å². The number of hydrogen-bond donors (Lipinski definition) is 0. The van der Waals surface area contributed by atoms with Gasteiger partial charge in [-0.15, -0.1) is 64.9 Å². The summed E-state index contributed by atoms with van der Waals surface area (Å²) in [5.74, 6) is 0. The summed E-state index contributed by atoms with van der Waals surface area (Å²) in [5, 5.41) is 10.8. The first-order valence-corrected chi connectivity index (χ1v) is 19.5. The van der Waals surface area contributed by atoms with Gasteiger partial charge >= 0.3 is 34.9 Å². The third-order valence-electron chi connectivity index (χ3n) is 8.85. The predicted molar refractivity (Wildman–Crippen MR) is 244 cm³/mol. The number of allylic oxidation sites excluding steroid dienone is 4. The Hall–Kier alpha value is -5.04. The van der Waals surface area contributed by atoms with Gasteiger partial charge in [0.25, 0.3) is 0 Å². The summed E-state index contributed by atoms with van der Waals surface area (Å²) in [6.07, 6.45) is 10.0. The van der Waals surface area contributed by atoms with Crippen molar-refractivity contribution in [2.75, 3.05) is 0 Å². The van der Waals surface area contributed by atoms with Gasteiger partial charge in [-0.2, -0.15) is 6.08 Å². The van der Waals surface area contributed by atoms with Crippen LogP contribution < -0.4 is 0 Å². The molecule has 0 aliphatic heterocycles. The molecular formula is C52H44Cl2Zr. The molecule has 0 saturated carbocycles. The Morgan fingerprint density at radius 1 is 0.455 bits per heavy atom. The fraction of sp³-hybridized carbons (Fsp3) is 0.0385. The average molecular weight is 831 g/mol. The van der Waals surface area contributed by atoms with Crippen molar-refractivity contribution in [3.63, 3.8) is 0 Å². The standard InChI is InChI=1S/C21H13.2C12H10.C5H5.C2H4.2ClH.Zr/c1-2-8-15-14(7-1)13-20-18-11-4-3-9-16(18)17-10-5-6-12-19(17)21(15)20;2*1-3-7-11(8-4-1)12-9-5-2-6-10-12;1-2-4-5-3-1;1-2;;;/h1-13H;2*1-10H;1-3H,4H2;1H,2H3;2*1H;/q-1;;;-1;;;;+2. The Morgan fingerprint density at radius 3 is 1.18 bits per heavy atom. The second-order valence-electron chi connectivity index (χ2n) is 12.4. The van der Waals surface area contributed by atoms with E-state index in [9.17, 15) is 0 Å². The van der Waals surface area contributed by atoms with Crippen LogP contribution >= 0.6 is 24.8 Å². The van der Waals surface area contributed by atoms with Crippen molar-refractivity contribution in [1.82, 2.24) is 0 Å². The summed E-state index contributed by atoms with van der Waals surface area (Å²) >= 11 is 1.51. The molecule has 3 heteroatoms. The van der Waals surface area contributed by atoms with Crippen LogP contribution in [-0.4, -0.2) is 3.71 Å². The normalized spacial score (nSPS) is 10.6. The van der Waals surface area contributed by atoms with Crippen molar-refractivity contribution >= 4 is 71.6 Å². The zero-order valence-corrected chi connectivity index (χ0v) is 35.0. The van der Waals surface area contributed by atoms with Gasteiger partial charge in [0.2, 0.25) is 0 Å². The molecule has 270 valence electrons. The van der Waals surface area contributed by atoms with Gasteiger partial charge in [0.05, 0.1) is 0 Å². The molecule has 10 rings (SSSR count). The van der Waals surface area contributed by atoms with Gasteiger partial charge < -0.3 is 0 Å². The zero-order chi connectivity index (χ0) is 36.5. The van der Waals surface area contributed by atoms with Gasteiger partial charge in [-0.3, -0.25) is 6.08 Å². The van der Waals surface area contributed by atoms with E-state index in [0.717, 1.165) is 6.42 Å². The smallest absolute Gasteiger partial charge is 0.0184 e. The van der Waals surface area contributed by atoms with Crippen molar-refractivity contribution in [2.24, 2.45) is 0 Å². The van der Waals surface area contributed by atoms with Gasteiger partial charge in [0.15, 0.2) is 0 Å². The summed E-state index contributed by atoms with van der Waals surface area (Å²) < 4.78 is 2.09. The molecule has 9 aromatic carbocycles. The van der Waals surface area contributed by atoms with Crippen LogP contribution in [-0.2, 0) is 24.2 Å². The summed E-state index contributed by atoms with van der Waals surface area (Å²) in [5.41, 5.74) is 5.10. The van der Waals surface area contributed by atoms with Gasteiger partial charge in [0.1, 0.15) is 0 Å². The van der Waals surface area contributed by atoms with E-state index in [2.05, 4.69) is 192 Å². The second-order valence-corrected chi connectivity index (χ2v) is 13.8.